The normalized spacial score (nSPS) is 18.4. The van der Waals surface area contributed by atoms with Gasteiger partial charge < -0.3 is 30.2 Å². The van der Waals surface area contributed by atoms with Crippen LogP contribution in [0.3, 0.4) is 0 Å². The van der Waals surface area contributed by atoms with E-state index in [2.05, 4.69) is 107 Å². The minimum atomic E-state index is -2.86. The fraction of sp³-hybridized carbons (Fsp3) is 0.448. The lowest BCUT2D eigenvalue weighted by molar-refractivity contribution is 0.0680. The molecule has 1 saturated heterocycles. The lowest BCUT2D eigenvalue weighted by Crippen LogP contribution is -2.39. The van der Waals surface area contributed by atoms with Crippen LogP contribution in [-0.2, 0) is 19.6 Å². The molecular weight excluding hydrogens is 937 g/mol. The van der Waals surface area contributed by atoms with Crippen LogP contribution in [-0.4, -0.2) is 90.9 Å². The average molecular weight is 1000 g/mol. The van der Waals surface area contributed by atoms with Crippen LogP contribution in [0.4, 0.5) is 20.3 Å². The number of likely N-dealkylation sites (tertiary alicyclic amines) is 1. The summed E-state index contributed by atoms with van der Waals surface area (Å²) >= 11 is 0. The van der Waals surface area contributed by atoms with Crippen LogP contribution in [0.2, 0.25) is 0 Å². The number of anilines is 2. The Kier molecular flexibility index (Phi) is 14.9. The number of nitrogens with one attached hydrogen (secondary N) is 3. The average Bonchev–Trinajstić information content (AvgIpc) is 4.29. The van der Waals surface area contributed by atoms with E-state index in [0.29, 0.717) is 29.1 Å². The molecule has 16 heteroatoms. The van der Waals surface area contributed by atoms with Gasteiger partial charge in [-0.15, -0.1) is 0 Å². The second-order valence-corrected chi connectivity index (χ2v) is 21.5. The van der Waals surface area contributed by atoms with Gasteiger partial charge in [0.1, 0.15) is 12.1 Å². The molecule has 0 unspecified atom stereocenters. The Balaban J connectivity index is 0.575. The summed E-state index contributed by atoms with van der Waals surface area (Å²) in [5.41, 5.74) is 6.89. The zero-order chi connectivity index (χ0) is 50.5. The number of carbonyl (C=O) groups excluding carboxylic acids is 2. The van der Waals surface area contributed by atoms with Crippen molar-refractivity contribution in [3.05, 3.63) is 132 Å². The zero-order valence-electron chi connectivity index (χ0n) is 42.3. The number of nitrogens with zero attached hydrogens (tertiary/aromatic N) is 8. The van der Waals surface area contributed by atoms with Crippen molar-refractivity contribution in [1.29, 1.82) is 0 Å². The van der Waals surface area contributed by atoms with Crippen LogP contribution >= 0.6 is 0 Å². The van der Waals surface area contributed by atoms with Gasteiger partial charge in [-0.05, 0) is 167 Å². The molecule has 3 aliphatic carbocycles. The highest BCUT2D eigenvalue weighted by Gasteiger charge is 2.30. The number of rotatable bonds is 21. The lowest BCUT2D eigenvalue weighted by Gasteiger charge is -2.34. The molecule has 386 valence electrons. The molecule has 4 aliphatic rings. The summed E-state index contributed by atoms with van der Waals surface area (Å²) in [5.74, 6) is 2.95. The summed E-state index contributed by atoms with van der Waals surface area (Å²) in [6.07, 6.45) is 15.3. The van der Waals surface area contributed by atoms with Gasteiger partial charge in [-0.1, -0.05) is 42.5 Å². The fourth-order valence-corrected chi connectivity index (χ4v) is 10.8. The molecule has 14 nitrogen and oxygen atoms in total. The predicted molar refractivity (Wildman–Crippen MR) is 283 cm³/mol. The van der Waals surface area contributed by atoms with Crippen molar-refractivity contribution in [2.24, 2.45) is 23.7 Å². The van der Waals surface area contributed by atoms with Crippen LogP contribution in [0, 0.1) is 23.7 Å². The van der Waals surface area contributed by atoms with E-state index in [-0.39, 0.29) is 29.2 Å². The van der Waals surface area contributed by atoms with E-state index >= 15 is 0 Å². The van der Waals surface area contributed by atoms with Crippen molar-refractivity contribution in [2.45, 2.75) is 103 Å². The van der Waals surface area contributed by atoms with Gasteiger partial charge in [0, 0.05) is 74.7 Å². The van der Waals surface area contributed by atoms with Crippen LogP contribution < -0.4 is 16.0 Å². The molecule has 0 atom stereocenters. The molecule has 4 fully saturated rings. The van der Waals surface area contributed by atoms with Crippen molar-refractivity contribution in [3.63, 3.8) is 0 Å². The van der Waals surface area contributed by atoms with Gasteiger partial charge in [-0.2, -0.15) is 10.2 Å². The number of aromatic nitrogens is 6. The van der Waals surface area contributed by atoms with Gasteiger partial charge in [0.25, 0.3) is 18.2 Å². The number of hydrogen-bond acceptors (Lipinski definition) is 10. The first-order chi connectivity index (χ1) is 36.1. The highest BCUT2D eigenvalue weighted by atomic mass is 19.3. The molecule has 0 bridgehead atoms. The molecule has 3 saturated carbocycles. The lowest BCUT2D eigenvalue weighted by atomic mass is 9.85. The summed E-state index contributed by atoms with van der Waals surface area (Å²) < 4.78 is 37.8. The van der Waals surface area contributed by atoms with Gasteiger partial charge in [-0.3, -0.25) is 19.0 Å². The fourth-order valence-electron chi connectivity index (χ4n) is 10.8. The molecule has 5 heterocycles. The number of alkyl halides is 2. The van der Waals surface area contributed by atoms with Crippen LogP contribution in [0.25, 0.3) is 33.5 Å². The first-order valence-electron chi connectivity index (χ1n) is 26.8. The standard InChI is InChI=1S/C58H67F2N11O3/c1-68(34-42-10-17-49(18-11-42)70-36-50(54(67-70)55(59)60)65-56(72)51-37-74-57(66-51)47-20-24-62-53(29-47)63-32-41-2-3-41)25-21-38-22-26-69(27-23-38)58(73)45-14-8-40(9-15-45)31-61-30-39-6-12-44(13-7-39)46-16-19-52-48(28-46)33-64-71(52)35-43-4-5-43/h6-9,12-16,19-20,24,28-29,33,36-38,41-43,49,55,61H,2-5,10-11,17-18,21-23,25-27,30-32,34-35H2,1H3,(H,62,63)(H,65,72)/t42-,49-. The van der Waals surface area contributed by atoms with Crippen LogP contribution in [0.15, 0.2) is 108 Å². The molecule has 3 N–H and O–H groups in total. The molecule has 1 aliphatic heterocycles. The number of amides is 2. The third-order valence-corrected chi connectivity index (χ3v) is 15.7. The van der Waals surface area contributed by atoms with E-state index in [1.54, 1.807) is 16.9 Å². The Morgan fingerprint density at radius 3 is 2.24 bits per heavy atom. The van der Waals surface area contributed by atoms with E-state index in [1.807, 2.05) is 29.3 Å². The zero-order valence-corrected chi connectivity index (χ0v) is 42.3. The maximum absolute atomic E-state index is 14.2. The number of hydrogen-bond donors (Lipinski definition) is 3. The molecule has 2 amide bonds. The van der Waals surface area contributed by atoms with E-state index in [1.165, 1.54) is 65.7 Å². The van der Waals surface area contributed by atoms with Crippen molar-refractivity contribution in [2.75, 3.05) is 50.4 Å². The third kappa shape index (κ3) is 12.2. The number of fused-ring (bicyclic) bond motifs is 1. The second-order valence-electron chi connectivity index (χ2n) is 21.5. The predicted octanol–water partition coefficient (Wildman–Crippen LogP) is 11.3. The summed E-state index contributed by atoms with van der Waals surface area (Å²) in [6.45, 7) is 6.89. The van der Waals surface area contributed by atoms with E-state index < -0.39 is 18.0 Å². The molecule has 4 aromatic heterocycles. The molecule has 74 heavy (non-hydrogen) atoms. The van der Waals surface area contributed by atoms with Crippen molar-refractivity contribution in [1.82, 2.24) is 44.6 Å². The largest absolute Gasteiger partial charge is 0.444 e. The molecule has 0 radical (unpaired) electrons. The van der Waals surface area contributed by atoms with Gasteiger partial charge in [0.05, 0.1) is 23.4 Å². The summed E-state index contributed by atoms with van der Waals surface area (Å²) in [5, 5.41) is 19.6. The van der Waals surface area contributed by atoms with Gasteiger partial charge in [0.15, 0.2) is 11.4 Å². The number of oxazole rings is 1. The third-order valence-electron chi connectivity index (χ3n) is 15.7. The maximum atomic E-state index is 14.2. The quantitative estimate of drug-likeness (QED) is 0.0635. The van der Waals surface area contributed by atoms with Gasteiger partial charge in [-0.25, -0.2) is 18.7 Å². The minimum Gasteiger partial charge on any atom is -0.444 e. The van der Waals surface area contributed by atoms with Crippen molar-refractivity contribution >= 4 is 34.2 Å². The number of halogens is 2. The molecular formula is C58H67F2N11O3. The van der Waals surface area contributed by atoms with E-state index in [4.69, 9.17) is 4.42 Å². The molecule has 7 aromatic rings. The summed E-state index contributed by atoms with van der Waals surface area (Å²) in [7, 11) is 2.19. The van der Waals surface area contributed by atoms with Gasteiger partial charge in [0.2, 0.25) is 5.89 Å². The topological polar surface area (TPSA) is 151 Å². The minimum absolute atomic E-state index is 0.0172. The van der Waals surface area contributed by atoms with Gasteiger partial charge >= 0.3 is 0 Å². The van der Waals surface area contributed by atoms with E-state index in [0.717, 1.165) is 114 Å². The molecule has 3 aromatic carbocycles. The molecule has 0 spiro atoms. The Bertz CT molecular complexity index is 3020. The number of benzene rings is 3. The van der Waals surface area contributed by atoms with Crippen molar-refractivity contribution < 1.29 is 22.8 Å². The smallest absolute Gasteiger partial charge is 0.284 e. The number of pyridine rings is 1. The second kappa shape index (κ2) is 22.4. The Hall–Kier alpha value is -6.78. The Labute approximate surface area is 431 Å². The van der Waals surface area contributed by atoms with E-state index in [9.17, 15) is 18.4 Å². The Morgan fingerprint density at radius 1 is 0.797 bits per heavy atom. The van der Waals surface area contributed by atoms with Crippen molar-refractivity contribution in [3.8, 4) is 22.6 Å². The summed E-state index contributed by atoms with van der Waals surface area (Å²) in [4.78, 5) is 39.9. The van der Waals surface area contributed by atoms with Crippen LogP contribution in [0.1, 0.15) is 121 Å². The first-order valence-corrected chi connectivity index (χ1v) is 26.8. The summed E-state index contributed by atoms with van der Waals surface area (Å²) in [6, 6.07) is 27.0. The van der Waals surface area contributed by atoms with Crippen LogP contribution in [0.5, 0.6) is 0 Å². The molecule has 11 rings (SSSR count). The highest BCUT2D eigenvalue weighted by molar-refractivity contribution is 6.03. The number of carbonyl (C=O) groups is 2. The maximum Gasteiger partial charge on any atom is 0.284 e. The SMILES string of the molecule is CN(CCC1CCN(C(=O)c2ccc(CNCc3ccc(-c4ccc5c(cnn5CC5CC5)c4)cc3)cc2)CC1)C[C@H]1CC[C@H](n2cc(NC(=O)c3coc(-c4ccnc(NCC5CC5)c4)n3)c(C(F)F)n2)CC1. The number of piperidine rings is 1. The monoisotopic (exact) mass is 1000 g/mol. The first kappa shape index (κ1) is 49.4. The Morgan fingerprint density at radius 2 is 1.51 bits per heavy atom. The highest BCUT2D eigenvalue weighted by Crippen LogP contribution is 2.37.